The van der Waals surface area contributed by atoms with E-state index in [1.807, 2.05) is 0 Å². The predicted octanol–water partition coefficient (Wildman–Crippen LogP) is 2.13. The van der Waals surface area contributed by atoms with Crippen LogP contribution < -0.4 is 4.90 Å². The Bertz CT molecular complexity index is 532. The molecular weight excluding hydrogens is 262 g/mol. The number of carboxylic acids is 1. The van der Waals surface area contributed by atoms with Crippen molar-refractivity contribution in [2.45, 2.75) is 38.6 Å². The summed E-state index contributed by atoms with van der Waals surface area (Å²) in [7, 11) is 0. The van der Waals surface area contributed by atoms with Gasteiger partial charge in [-0.05, 0) is 25.3 Å². The van der Waals surface area contributed by atoms with Crippen molar-refractivity contribution in [1.29, 1.82) is 0 Å². The van der Waals surface area contributed by atoms with E-state index < -0.39 is 16.9 Å². The fraction of sp³-hybridized carbons (Fsp3) is 0.538. The maximum atomic E-state index is 11.4. The maximum absolute atomic E-state index is 11.4. The highest BCUT2D eigenvalue weighted by molar-refractivity contribution is 5.78. The SMILES string of the molecule is Cc1cc([N+](=O)[O-])cnc1N1CCCCCC1C(=O)O. The van der Waals surface area contributed by atoms with Gasteiger partial charge in [0.15, 0.2) is 0 Å². The Morgan fingerprint density at radius 2 is 2.25 bits per heavy atom. The van der Waals surface area contributed by atoms with E-state index in [1.165, 1.54) is 12.3 Å². The molecule has 1 aromatic heterocycles. The number of aryl methyl sites for hydroxylation is 1. The Morgan fingerprint density at radius 3 is 2.85 bits per heavy atom. The first-order chi connectivity index (χ1) is 9.50. The second kappa shape index (κ2) is 5.85. The van der Waals surface area contributed by atoms with E-state index in [9.17, 15) is 20.0 Å². The zero-order valence-corrected chi connectivity index (χ0v) is 11.3. The van der Waals surface area contributed by atoms with Crippen LogP contribution >= 0.6 is 0 Å². The van der Waals surface area contributed by atoms with Crippen molar-refractivity contribution in [3.63, 3.8) is 0 Å². The molecule has 1 atom stereocenters. The van der Waals surface area contributed by atoms with Crippen molar-refractivity contribution in [3.05, 3.63) is 27.9 Å². The van der Waals surface area contributed by atoms with Crippen LogP contribution in [-0.2, 0) is 4.79 Å². The van der Waals surface area contributed by atoms with E-state index in [4.69, 9.17) is 0 Å². The normalized spacial score (nSPS) is 19.4. The van der Waals surface area contributed by atoms with E-state index in [0.717, 1.165) is 19.3 Å². The summed E-state index contributed by atoms with van der Waals surface area (Å²) in [4.78, 5) is 27.5. The standard InChI is InChI=1S/C13H17N3O4/c1-9-7-10(16(19)20)8-14-12(9)15-6-4-2-3-5-11(15)13(17)18/h7-8,11H,2-6H2,1H3,(H,17,18). The Kier molecular flexibility index (Phi) is 4.16. The van der Waals surface area contributed by atoms with Crippen LogP contribution in [0.5, 0.6) is 0 Å². The summed E-state index contributed by atoms with van der Waals surface area (Å²) in [6.07, 6.45) is 4.53. The molecule has 1 saturated heterocycles. The molecule has 1 aromatic rings. The van der Waals surface area contributed by atoms with Crippen LogP contribution in [0.1, 0.15) is 31.2 Å². The van der Waals surface area contributed by atoms with Crippen LogP contribution in [0.25, 0.3) is 0 Å². The van der Waals surface area contributed by atoms with Crippen LogP contribution in [0, 0.1) is 17.0 Å². The molecule has 0 amide bonds. The minimum Gasteiger partial charge on any atom is -0.480 e. The predicted molar refractivity (Wildman–Crippen MR) is 72.9 cm³/mol. The van der Waals surface area contributed by atoms with Gasteiger partial charge in [-0.1, -0.05) is 12.8 Å². The van der Waals surface area contributed by atoms with Crippen molar-refractivity contribution in [1.82, 2.24) is 4.98 Å². The van der Waals surface area contributed by atoms with E-state index in [1.54, 1.807) is 11.8 Å². The Morgan fingerprint density at radius 1 is 1.50 bits per heavy atom. The molecule has 1 unspecified atom stereocenters. The zero-order valence-electron chi connectivity index (χ0n) is 11.3. The number of rotatable bonds is 3. The van der Waals surface area contributed by atoms with Crippen molar-refractivity contribution < 1.29 is 14.8 Å². The first-order valence-electron chi connectivity index (χ1n) is 6.61. The van der Waals surface area contributed by atoms with Gasteiger partial charge in [-0.25, -0.2) is 9.78 Å². The monoisotopic (exact) mass is 279 g/mol. The lowest BCUT2D eigenvalue weighted by atomic mass is 10.1. The first-order valence-corrected chi connectivity index (χ1v) is 6.61. The molecule has 7 nitrogen and oxygen atoms in total. The number of carbonyl (C=O) groups is 1. The van der Waals surface area contributed by atoms with Gasteiger partial charge >= 0.3 is 5.97 Å². The molecule has 0 radical (unpaired) electrons. The lowest BCUT2D eigenvalue weighted by molar-refractivity contribution is -0.385. The summed E-state index contributed by atoms with van der Waals surface area (Å²) in [5.74, 6) is -0.337. The highest BCUT2D eigenvalue weighted by Crippen LogP contribution is 2.27. The lowest BCUT2D eigenvalue weighted by Gasteiger charge is -2.29. The quantitative estimate of drug-likeness (QED) is 0.672. The lowest BCUT2D eigenvalue weighted by Crippen LogP contribution is -2.41. The van der Waals surface area contributed by atoms with Gasteiger partial charge in [-0.3, -0.25) is 10.1 Å². The molecule has 2 heterocycles. The van der Waals surface area contributed by atoms with Gasteiger partial charge in [0.25, 0.3) is 5.69 Å². The summed E-state index contributed by atoms with van der Waals surface area (Å²) >= 11 is 0. The van der Waals surface area contributed by atoms with Gasteiger partial charge in [0.1, 0.15) is 18.1 Å². The number of nitro groups is 1. The average molecular weight is 279 g/mol. The average Bonchev–Trinajstić information content (AvgIpc) is 2.64. The van der Waals surface area contributed by atoms with Gasteiger partial charge in [0.05, 0.1) is 4.92 Å². The molecule has 1 aliphatic heterocycles. The molecule has 0 aliphatic carbocycles. The molecule has 1 fully saturated rings. The zero-order chi connectivity index (χ0) is 14.7. The molecule has 1 aliphatic rings. The van der Waals surface area contributed by atoms with Crippen LogP contribution in [0.15, 0.2) is 12.3 Å². The molecule has 2 rings (SSSR count). The molecule has 0 aromatic carbocycles. The summed E-state index contributed by atoms with van der Waals surface area (Å²) in [6.45, 7) is 2.34. The highest BCUT2D eigenvalue weighted by atomic mass is 16.6. The van der Waals surface area contributed by atoms with Crippen LogP contribution in [0.2, 0.25) is 0 Å². The summed E-state index contributed by atoms with van der Waals surface area (Å²) in [5, 5.41) is 20.1. The maximum Gasteiger partial charge on any atom is 0.326 e. The highest BCUT2D eigenvalue weighted by Gasteiger charge is 2.29. The number of hydrogen-bond acceptors (Lipinski definition) is 5. The molecule has 0 spiro atoms. The second-order valence-electron chi connectivity index (χ2n) is 4.99. The van der Waals surface area contributed by atoms with Crippen molar-refractivity contribution in [2.24, 2.45) is 0 Å². The third kappa shape index (κ3) is 2.87. The molecule has 0 saturated carbocycles. The number of carboxylic acid groups (broad SMARTS) is 1. The van der Waals surface area contributed by atoms with E-state index in [0.29, 0.717) is 24.3 Å². The first kappa shape index (κ1) is 14.2. The summed E-state index contributed by atoms with van der Waals surface area (Å²) in [5.41, 5.74) is 0.556. The summed E-state index contributed by atoms with van der Waals surface area (Å²) < 4.78 is 0. The van der Waals surface area contributed by atoms with Crippen molar-refractivity contribution in [2.75, 3.05) is 11.4 Å². The molecule has 1 N–H and O–H groups in total. The molecular formula is C13H17N3O4. The van der Waals surface area contributed by atoms with E-state index >= 15 is 0 Å². The number of anilines is 1. The van der Waals surface area contributed by atoms with Gasteiger partial charge in [-0.2, -0.15) is 0 Å². The van der Waals surface area contributed by atoms with Crippen molar-refractivity contribution >= 4 is 17.5 Å². The minimum absolute atomic E-state index is 0.0760. The number of nitrogens with zero attached hydrogens (tertiary/aromatic N) is 3. The Hall–Kier alpha value is -2.18. The van der Waals surface area contributed by atoms with Crippen LogP contribution in [0.4, 0.5) is 11.5 Å². The van der Waals surface area contributed by atoms with Gasteiger partial charge in [0.2, 0.25) is 0 Å². The van der Waals surface area contributed by atoms with E-state index in [-0.39, 0.29) is 5.69 Å². The molecule has 108 valence electrons. The molecule has 7 heteroatoms. The number of aromatic nitrogens is 1. The summed E-state index contributed by atoms with van der Waals surface area (Å²) in [6, 6.07) is 0.830. The van der Waals surface area contributed by atoms with Crippen LogP contribution in [0.3, 0.4) is 0 Å². The Labute approximate surface area is 116 Å². The van der Waals surface area contributed by atoms with E-state index in [2.05, 4.69) is 4.98 Å². The molecule has 0 bridgehead atoms. The fourth-order valence-electron chi connectivity index (χ4n) is 2.57. The van der Waals surface area contributed by atoms with Gasteiger partial charge in [0, 0.05) is 12.6 Å². The number of aliphatic carboxylic acids is 1. The van der Waals surface area contributed by atoms with Gasteiger partial charge in [-0.15, -0.1) is 0 Å². The number of pyridine rings is 1. The molecule has 20 heavy (non-hydrogen) atoms. The fourth-order valence-corrected chi connectivity index (χ4v) is 2.57. The van der Waals surface area contributed by atoms with Crippen LogP contribution in [-0.4, -0.2) is 33.6 Å². The van der Waals surface area contributed by atoms with Crippen molar-refractivity contribution in [3.8, 4) is 0 Å². The van der Waals surface area contributed by atoms with Gasteiger partial charge < -0.3 is 10.0 Å². The smallest absolute Gasteiger partial charge is 0.326 e. The second-order valence-corrected chi connectivity index (χ2v) is 4.99. The topological polar surface area (TPSA) is 96.6 Å². The largest absolute Gasteiger partial charge is 0.480 e. The third-order valence-corrected chi connectivity index (χ3v) is 3.56. The third-order valence-electron chi connectivity index (χ3n) is 3.56. The minimum atomic E-state index is -0.869. The number of hydrogen-bond donors (Lipinski definition) is 1. The Balaban J connectivity index is 2.36.